The van der Waals surface area contributed by atoms with Gasteiger partial charge in [-0.2, -0.15) is 0 Å². The van der Waals surface area contributed by atoms with Crippen LogP contribution in [0.15, 0.2) is 24.3 Å². The van der Waals surface area contributed by atoms with Gasteiger partial charge in [-0.05, 0) is 72.4 Å². The fourth-order valence-corrected chi connectivity index (χ4v) is 3.73. The summed E-state index contributed by atoms with van der Waals surface area (Å²) in [5.74, 6) is 3.06. The largest absolute Gasteiger partial charge is 0.481 e. The van der Waals surface area contributed by atoms with Crippen molar-refractivity contribution in [1.82, 2.24) is 0 Å². The van der Waals surface area contributed by atoms with Crippen LogP contribution in [-0.2, 0) is 10.2 Å². The predicted molar refractivity (Wildman–Crippen MR) is 113 cm³/mol. The minimum atomic E-state index is -1.28. The molecule has 132 valence electrons. The fraction of sp³-hybridized carbons (Fsp3) is 0.550. The Bertz CT molecular complexity index is 625. The molecule has 0 saturated heterocycles. The van der Waals surface area contributed by atoms with Gasteiger partial charge >= 0.3 is 5.97 Å². The molecule has 0 saturated carbocycles. The highest BCUT2D eigenvalue weighted by atomic mass is 127. The molecule has 0 aliphatic heterocycles. The number of hydrogen-bond acceptors (Lipinski definition) is 1. The van der Waals surface area contributed by atoms with E-state index >= 15 is 0 Å². The molecule has 0 bridgehead atoms. The first kappa shape index (κ1) is 21.2. The molecule has 1 aromatic rings. The third kappa shape index (κ3) is 6.98. The maximum Gasteiger partial charge on any atom is 0.313 e. The summed E-state index contributed by atoms with van der Waals surface area (Å²) in [6, 6.07) is 7.85. The Morgan fingerprint density at radius 2 is 2.00 bits per heavy atom. The lowest BCUT2D eigenvalue weighted by atomic mass is 9.76. The maximum atomic E-state index is 11.9. The maximum absolute atomic E-state index is 11.9. The van der Waals surface area contributed by atoms with Crippen LogP contribution < -0.4 is 0 Å². The first-order chi connectivity index (χ1) is 11.0. The van der Waals surface area contributed by atoms with Crippen molar-refractivity contribution in [1.29, 1.82) is 0 Å². The number of carboxylic acids is 1. The van der Waals surface area contributed by atoms with Crippen LogP contribution in [0.1, 0.15) is 45.1 Å². The number of carboxylic acid groups (broad SMARTS) is 1. The summed E-state index contributed by atoms with van der Waals surface area (Å²) < 4.78 is 1.08. The lowest BCUT2D eigenvalue weighted by Gasteiger charge is -2.27. The zero-order chi connectivity index (χ0) is 18.4. The molecular formula is C20H29IO2Si. The summed E-state index contributed by atoms with van der Waals surface area (Å²) in [6.07, 6.45) is 3.52. The minimum absolute atomic E-state index is 0.488. The third-order valence-corrected chi connectivity index (χ3v) is 5.89. The van der Waals surface area contributed by atoms with E-state index < -0.39 is 19.5 Å². The number of carbonyl (C=O) groups is 1. The normalized spacial score (nSPS) is 15.1. The van der Waals surface area contributed by atoms with Crippen molar-refractivity contribution in [2.45, 2.75) is 64.6 Å². The summed E-state index contributed by atoms with van der Waals surface area (Å²) >= 11 is 2.23. The molecule has 4 heteroatoms. The van der Waals surface area contributed by atoms with Gasteiger partial charge in [0, 0.05) is 9.99 Å². The summed E-state index contributed by atoms with van der Waals surface area (Å²) in [4.78, 5) is 11.9. The van der Waals surface area contributed by atoms with Crippen molar-refractivity contribution in [3.8, 4) is 11.5 Å². The Labute approximate surface area is 161 Å². The molecule has 0 spiro atoms. The van der Waals surface area contributed by atoms with Gasteiger partial charge in [-0.3, -0.25) is 4.79 Å². The highest BCUT2D eigenvalue weighted by molar-refractivity contribution is 14.1. The molecule has 0 aliphatic rings. The van der Waals surface area contributed by atoms with Crippen molar-refractivity contribution < 1.29 is 9.90 Å². The molecule has 0 amide bonds. The van der Waals surface area contributed by atoms with Gasteiger partial charge in [-0.1, -0.05) is 38.7 Å². The van der Waals surface area contributed by atoms with Crippen LogP contribution in [0.4, 0.5) is 0 Å². The second-order valence-corrected chi connectivity index (χ2v) is 13.9. The molecule has 24 heavy (non-hydrogen) atoms. The smallest absolute Gasteiger partial charge is 0.313 e. The summed E-state index contributed by atoms with van der Waals surface area (Å²) in [5.41, 5.74) is 3.47. The average Bonchev–Trinajstić information content (AvgIpc) is 2.48. The number of rotatable bonds is 7. The van der Waals surface area contributed by atoms with Gasteiger partial charge in [0.15, 0.2) is 0 Å². The Morgan fingerprint density at radius 3 is 2.54 bits per heavy atom. The van der Waals surface area contributed by atoms with E-state index in [1.54, 1.807) is 0 Å². The topological polar surface area (TPSA) is 37.3 Å². The average molecular weight is 456 g/mol. The van der Waals surface area contributed by atoms with Crippen LogP contribution in [0, 0.1) is 21.0 Å². The van der Waals surface area contributed by atoms with Gasteiger partial charge in [-0.25, -0.2) is 0 Å². The molecule has 0 fully saturated rings. The highest BCUT2D eigenvalue weighted by Gasteiger charge is 2.35. The van der Waals surface area contributed by atoms with Crippen LogP contribution in [0.25, 0.3) is 0 Å². The number of aliphatic carboxylic acids is 1. The summed E-state index contributed by atoms with van der Waals surface area (Å²) in [7, 11) is -1.28. The standard InChI is InChI=1S/C20H29IO2Si/c1-16(9-6-7-14-24(3,4)5)12-13-20(2,19(22)23)17-10-8-11-18(21)15-17/h8,10-11,15-16H,6,9,12-13H2,1-5H3,(H,22,23). The van der Waals surface area contributed by atoms with E-state index in [0.29, 0.717) is 12.3 Å². The second-order valence-electron chi connectivity index (χ2n) is 7.88. The van der Waals surface area contributed by atoms with Gasteiger partial charge in [0.1, 0.15) is 8.07 Å². The molecule has 2 nitrogen and oxygen atoms in total. The zero-order valence-electron chi connectivity index (χ0n) is 15.4. The molecule has 0 heterocycles. The molecular weight excluding hydrogens is 427 g/mol. The van der Waals surface area contributed by atoms with E-state index in [-0.39, 0.29) is 0 Å². The molecule has 2 atom stereocenters. The van der Waals surface area contributed by atoms with Crippen LogP contribution in [0.5, 0.6) is 0 Å². The number of benzene rings is 1. The lowest BCUT2D eigenvalue weighted by molar-refractivity contribution is -0.143. The van der Waals surface area contributed by atoms with Gasteiger partial charge in [-0.15, -0.1) is 11.5 Å². The van der Waals surface area contributed by atoms with E-state index in [1.807, 2.05) is 31.2 Å². The van der Waals surface area contributed by atoms with E-state index in [2.05, 4.69) is 60.6 Å². The molecule has 0 aromatic heterocycles. The van der Waals surface area contributed by atoms with E-state index in [1.165, 1.54) is 0 Å². The summed E-state index contributed by atoms with van der Waals surface area (Å²) in [5, 5.41) is 9.77. The van der Waals surface area contributed by atoms with Crippen molar-refractivity contribution >= 4 is 36.6 Å². The van der Waals surface area contributed by atoms with Crippen molar-refractivity contribution in [3.63, 3.8) is 0 Å². The Balaban J connectivity index is 2.67. The summed E-state index contributed by atoms with van der Waals surface area (Å²) in [6.45, 7) is 10.8. The molecule has 0 aliphatic carbocycles. The number of hydrogen-bond donors (Lipinski definition) is 1. The lowest BCUT2D eigenvalue weighted by Crippen LogP contribution is -2.33. The van der Waals surface area contributed by atoms with Gasteiger partial charge in [0.05, 0.1) is 5.41 Å². The molecule has 2 unspecified atom stereocenters. The second kappa shape index (κ2) is 9.05. The first-order valence-corrected chi connectivity index (χ1v) is 13.1. The van der Waals surface area contributed by atoms with E-state index in [4.69, 9.17) is 0 Å². The van der Waals surface area contributed by atoms with Gasteiger partial charge in [0.25, 0.3) is 0 Å². The SMILES string of the molecule is CC(CCC#C[Si](C)(C)C)CCC(C)(C(=O)O)c1cccc(I)c1. The monoisotopic (exact) mass is 456 g/mol. The van der Waals surface area contributed by atoms with E-state index in [9.17, 15) is 9.90 Å². The molecule has 1 N–H and O–H groups in total. The quantitative estimate of drug-likeness (QED) is 0.324. The Hall–Kier alpha value is -0.803. The van der Waals surface area contributed by atoms with Gasteiger partial charge < -0.3 is 5.11 Å². The Kier molecular flexibility index (Phi) is 8.01. The highest BCUT2D eigenvalue weighted by Crippen LogP contribution is 2.32. The van der Waals surface area contributed by atoms with Crippen molar-refractivity contribution in [2.24, 2.45) is 5.92 Å². The number of halogens is 1. The molecule has 1 rings (SSSR count). The fourth-order valence-electron chi connectivity index (χ4n) is 2.53. The predicted octanol–water partition coefficient (Wildman–Crippen LogP) is 5.71. The van der Waals surface area contributed by atoms with Crippen LogP contribution in [-0.4, -0.2) is 19.1 Å². The zero-order valence-corrected chi connectivity index (χ0v) is 18.6. The molecule has 0 radical (unpaired) electrons. The van der Waals surface area contributed by atoms with Crippen molar-refractivity contribution in [3.05, 3.63) is 33.4 Å². The van der Waals surface area contributed by atoms with Crippen molar-refractivity contribution in [2.75, 3.05) is 0 Å². The third-order valence-electron chi connectivity index (χ3n) is 4.30. The molecule has 1 aromatic carbocycles. The van der Waals surface area contributed by atoms with Crippen LogP contribution >= 0.6 is 22.6 Å². The van der Waals surface area contributed by atoms with Crippen LogP contribution in [0.3, 0.4) is 0 Å². The van der Waals surface area contributed by atoms with Gasteiger partial charge in [0.2, 0.25) is 0 Å². The van der Waals surface area contributed by atoms with E-state index in [0.717, 1.165) is 28.4 Å². The first-order valence-electron chi connectivity index (χ1n) is 8.54. The Morgan fingerprint density at radius 1 is 1.33 bits per heavy atom. The minimum Gasteiger partial charge on any atom is -0.481 e. The van der Waals surface area contributed by atoms with Crippen LogP contribution in [0.2, 0.25) is 19.6 Å².